The quantitative estimate of drug-likeness (QED) is 0.393. The number of carbonyl (C=O) groups excluding carboxylic acids is 1. The molecule has 0 heterocycles. The Morgan fingerprint density at radius 3 is 2.50 bits per heavy atom. The summed E-state index contributed by atoms with van der Waals surface area (Å²) in [5.41, 5.74) is 5.10. The minimum atomic E-state index is -1.53. The number of hydrogen-bond acceptors (Lipinski definition) is 5. The van der Waals surface area contributed by atoms with Crippen LogP contribution in [-0.4, -0.2) is 27.7 Å². The molecule has 0 aliphatic carbocycles. The number of primary amides is 1. The zero-order valence-electron chi connectivity index (χ0n) is 8.86. The molecule has 18 heavy (non-hydrogen) atoms. The van der Waals surface area contributed by atoms with E-state index in [1.165, 1.54) is 18.2 Å². The molecule has 2 amide bonds. The van der Waals surface area contributed by atoms with Crippen LogP contribution >= 0.6 is 0 Å². The molecule has 4 N–H and O–H groups in total. The summed E-state index contributed by atoms with van der Waals surface area (Å²) in [6.45, 7) is 0. The molecule has 0 bridgehead atoms. The van der Waals surface area contributed by atoms with Crippen LogP contribution in [0.2, 0.25) is 0 Å². The van der Waals surface area contributed by atoms with Gasteiger partial charge in [0.25, 0.3) is 5.69 Å². The van der Waals surface area contributed by atoms with Gasteiger partial charge < -0.3 is 10.8 Å². The first-order valence-corrected chi connectivity index (χ1v) is 4.53. The van der Waals surface area contributed by atoms with Crippen LogP contribution in [0.25, 0.3) is 0 Å². The highest BCUT2D eigenvalue weighted by molar-refractivity contribution is 6.43. The van der Waals surface area contributed by atoms with E-state index in [4.69, 9.17) is 10.8 Å². The lowest BCUT2D eigenvalue weighted by Gasteiger charge is -2.02. The first-order chi connectivity index (χ1) is 8.43. The van der Waals surface area contributed by atoms with Gasteiger partial charge in [-0.25, -0.2) is 15.0 Å². The van der Waals surface area contributed by atoms with E-state index in [0.29, 0.717) is 0 Å². The van der Waals surface area contributed by atoms with Crippen LogP contribution in [-0.2, 0) is 4.79 Å². The van der Waals surface area contributed by atoms with Crippen molar-refractivity contribution >= 4 is 23.4 Å². The summed E-state index contributed by atoms with van der Waals surface area (Å²) in [4.78, 5) is 31.4. The van der Waals surface area contributed by atoms with Gasteiger partial charge in [-0.3, -0.25) is 10.1 Å². The summed E-state index contributed by atoms with van der Waals surface area (Å²) < 4.78 is 0. The van der Waals surface area contributed by atoms with E-state index in [2.05, 4.69) is 5.10 Å². The number of amides is 2. The van der Waals surface area contributed by atoms with Crippen molar-refractivity contribution in [2.24, 2.45) is 10.8 Å². The number of rotatable bonds is 4. The van der Waals surface area contributed by atoms with Gasteiger partial charge in [0.15, 0.2) is 5.71 Å². The normalized spacial score (nSPS) is 10.8. The van der Waals surface area contributed by atoms with Crippen LogP contribution in [0.4, 0.5) is 10.5 Å². The largest absolute Gasteiger partial charge is 0.476 e. The summed E-state index contributed by atoms with van der Waals surface area (Å²) in [6, 6.07) is 4.03. The maximum atomic E-state index is 10.9. The fourth-order valence-electron chi connectivity index (χ4n) is 1.17. The predicted octanol–water partition coefficient (Wildman–Crippen LogP) is 0.0518. The number of nitro groups is 1. The number of nitrogens with zero attached hydrogens (tertiary/aromatic N) is 2. The molecule has 1 rings (SSSR count). The van der Waals surface area contributed by atoms with Gasteiger partial charge in [-0.1, -0.05) is 12.1 Å². The highest BCUT2D eigenvalue weighted by Gasteiger charge is 2.22. The lowest BCUT2D eigenvalue weighted by atomic mass is 10.1. The molecule has 0 aliphatic rings. The lowest BCUT2D eigenvalue weighted by Crippen LogP contribution is -2.28. The minimum absolute atomic E-state index is 0.233. The average Bonchev–Trinajstić information content (AvgIpc) is 2.28. The van der Waals surface area contributed by atoms with E-state index in [9.17, 15) is 19.7 Å². The number of para-hydroxylation sites is 1. The minimum Gasteiger partial charge on any atom is -0.476 e. The maximum Gasteiger partial charge on any atom is 0.357 e. The van der Waals surface area contributed by atoms with Crippen molar-refractivity contribution in [1.82, 2.24) is 5.43 Å². The predicted molar refractivity (Wildman–Crippen MR) is 60.0 cm³/mol. The van der Waals surface area contributed by atoms with Crippen molar-refractivity contribution in [1.29, 1.82) is 0 Å². The molecule has 0 aromatic heterocycles. The van der Waals surface area contributed by atoms with Crippen LogP contribution in [0.1, 0.15) is 5.56 Å². The summed E-state index contributed by atoms with van der Waals surface area (Å²) in [7, 11) is 0. The average molecular weight is 252 g/mol. The third-order valence-electron chi connectivity index (χ3n) is 1.84. The highest BCUT2D eigenvalue weighted by Crippen LogP contribution is 2.18. The molecule has 0 saturated carbocycles. The maximum absolute atomic E-state index is 10.9. The number of carboxylic acids is 1. The number of carbonyl (C=O) groups is 2. The molecule has 0 atom stereocenters. The molecule has 94 valence electrons. The Morgan fingerprint density at radius 2 is 2.00 bits per heavy atom. The van der Waals surface area contributed by atoms with Gasteiger partial charge in [-0.15, -0.1) is 0 Å². The fraction of sp³-hybridized carbons (Fsp3) is 0. The summed E-state index contributed by atoms with van der Waals surface area (Å²) >= 11 is 0. The van der Waals surface area contributed by atoms with Gasteiger partial charge in [0.1, 0.15) is 0 Å². The Balaban J connectivity index is 3.30. The fourth-order valence-corrected chi connectivity index (χ4v) is 1.17. The summed E-state index contributed by atoms with van der Waals surface area (Å²) in [6.07, 6.45) is 0. The monoisotopic (exact) mass is 252 g/mol. The van der Waals surface area contributed by atoms with Crippen LogP contribution in [0.5, 0.6) is 0 Å². The van der Waals surface area contributed by atoms with Crippen molar-refractivity contribution < 1.29 is 19.6 Å². The Hall–Kier alpha value is -2.97. The number of nitrogens with two attached hydrogens (primary N) is 1. The molecule has 9 nitrogen and oxygen atoms in total. The number of benzene rings is 1. The second-order valence-corrected chi connectivity index (χ2v) is 3.02. The molecule has 0 saturated heterocycles. The second kappa shape index (κ2) is 5.39. The standard InChI is InChI=1S/C9H8N4O5/c10-9(16)12-11-7(8(14)15)5-3-1-2-4-6(5)13(17)18/h1-4H,(H,14,15)(H3,10,12,16)/b11-7+. The molecule has 0 spiro atoms. The number of nitrogens with one attached hydrogen (secondary N) is 1. The van der Waals surface area contributed by atoms with Crippen molar-refractivity contribution in [3.05, 3.63) is 39.9 Å². The number of aliphatic carboxylic acids is 1. The molecule has 1 aromatic rings. The first kappa shape index (κ1) is 13.1. The number of carboxylic acid groups (broad SMARTS) is 1. The Kier molecular flexibility index (Phi) is 3.92. The van der Waals surface area contributed by atoms with Gasteiger partial charge in [0, 0.05) is 6.07 Å². The van der Waals surface area contributed by atoms with Crippen molar-refractivity contribution in [3.63, 3.8) is 0 Å². The highest BCUT2D eigenvalue weighted by atomic mass is 16.6. The van der Waals surface area contributed by atoms with Crippen LogP contribution in [0.15, 0.2) is 29.4 Å². The van der Waals surface area contributed by atoms with Crippen molar-refractivity contribution in [2.45, 2.75) is 0 Å². The molecule has 0 radical (unpaired) electrons. The molecule has 0 aliphatic heterocycles. The molecule has 0 unspecified atom stereocenters. The molecule has 1 aromatic carbocycles. The van der Waals surface area contributed by atoms with E-state index in [1.54, 1.807) is 5.43 Å². The molecular weight excluding hydrogens is 244 g/mol. The van der Waals surface area contributed by atoms with E-state index in [-0.39, 0.29) is 5.56 Å². The summed E-state index contributed by atoms with van der Waals surface area (Å²) in [5, 5.41) is 22.9. The van der Waals surface area contributed by atoms with Crippen LogP contribution in [0.3, 0.4) is 0 Å². The Labute approximate surface area is 100 Å². The molecular formula is C9H8N4O5. The lowest BCUT2D eigenvalue weighted by molar-refractivity contribution is -0.385. The molecule has 0 fully saturated rings. The van der Waals surface area contributed by atoms with E-state index in [1.807, 2.05) is 0 Å². The van der Waals surface area contributed by atoms with Gasteiger partial charge >= 0.3 is 12.0 Å². The summed E-state index contributed by atoms with van der Waals surface area (Å²) in [5.74, 6) is -1.53. The van der Waals surface area contributed by atoms with Crippen molar-refractivity contribution in [2.75, 3.05) is 0 Å². The van der Waals surface area contributed by atoms with Gasteiger partial charge in [0.05, 0.1) is 10.5 Å². The Bertz CT molecular complexity index is 540. The molecule has 9 heteroatoms. The van der Waals surface area contributed by atoms with Crippen LogP contribution < -0.4 is 11.2 Å². The first-order valence-electron chi connectivity index (χ1n) is 4.53. The van der Waals surface area contributed by atoms with E-state index < -0.39 is 28.3 Å². The number of nitro benzene ring substituents is 1. The zero-order chi connectivity index (χ0) is 13.7. The Morgan fingerprint density at radius 1 is 1.39 bits per heavy atom. The zero-order valence-corrected chi connectivity index (χ0v) is 8.86. The van der Waals surface area contributed by atoms with Gasteiger partial charge in [-0.2, -0.15) is 5.10 Å². The van der Waals surface area contributed by atoms with Gasteiger partial charge in [0.2, 0.25) is 0 Å². The number of hydrazone groups is 1. The van der Waals surface area contributed by atoms with E-state index in [0.717, 1.165) is 6.07 Å². The smallest absolute Gasteiger partial charge is 0.357 e. The SMILES string of the molecule is NC(=O)N/N=C(/C(=O)O)c1ccccc1[N+](=O)[O-]. The number of urea groups is 1. The second-order valence-electron chi connectivity index (χ2n) is 3.02. The third kappa shape index (κ3) is 3.01. The third-order valence-corrected chi connectivity index (χ3v) is 1.84. The van der Waals surface area contributed by atoms with Crippen molar-refractivity contribution in [3.8, 4) is 0 Å². The van der Waals surface area contributed by atoms with E-state index >= 15 is 0 Å². The van der Waals surface area contributed by atoms with Crippen LogP contribution in [0, 0.1) is 10.1 Å². The topological polar surface area (TPSA) is 148 Å². The number of hydrogen-bond donors (Lipinski definition) is 3. The van der Waals surface area contributed by atoms with Gasteiger partial charge in [-0.05, 0) is 6.07 Å².